The largest absolute Gasteiger partial charge is 0.464 e. The number of rotatable bonds is 4. The van der Waals surface area contributed by atoms with Crippen LogP contribution in [0.15, 0.2) is 18.2 Å². The van der Waals surface area contributed by atoms with Crippen LogP contribution in [0.2, 0.25) is 0 Å². The van der Waals surface area contributed by atoms with E-state index in [0.29, 0.717) is 54.3 Å². The second-order valence-electron chi connectivity index (χ2n) is 13.0. The van der Waals surface area contributed by atoms with Gasteiger partial charge in [-0.3, -0.25) is 0 Å². The summed E-state index contributed by atoms with van der Waals surface area (Å²) in [5.74, 6) is -1.50. The van der Waals surface area contributed by atoms with Crippen molar-refractivity contribution in [3.63, 3.8) is 0 Å². The number of esters is 1. The van der Waals surface area contributed by atoms with Crippen LogP contribution in [0, 0.1) is 18.6 Å². The Morgan fingerprint density at radius 2 is 1.80 bits per heavy atom. The molecule has 240 valence electrons. The van der Waals surface area contributed by atoms with Gasteiger partial charge < -0.3 is 23.8 Å². The van der Waals surface area contributed by atoms with Crippen LogP contribution < -0.4 is 4.90 Å². The molecule has 0 spiro atoms. The van der Waals surface area contributed by atoms with Crippen LogP contribution in [0.5, 0.6) is 0 Å². The molecule has 4 bridgehead atoms. The summed E-state index contributed by atoms with van der Waals surface area (Å²) in [6.45, 7) is 13.9. The van der Waals surface area contributed by atoms with E-state index < -0.39 is 29.3 Å². The van der Waals surface area contributed by atoms with E-state index in [-0.39, 0.29) is 25.4 Å². The van der Waals surface area contributed by atoms with Gasteiger partial charge in [0.1, 0.15) is 5.82 Å². The monoisotopic (exact) mass is 614 g/mol. The molecule has 0 aliphatic carbocycles. The van der Waals surface area contributed by atoms with E-state index in [1.54, 1.807) is 11.4 Å². The fourth-order valence-electron chi connectivity index (χ4n) is 5.97. The molecular weight excluding hydrogens is 570 g/mol. The summed E-state index contributed by atoms with van der Waals surface area (Å²) >= 11 is 0. The predicted octanol–water partition coefficient (Wildman–Crippen LogP) is 6.16. The molecule has 0 N–H and O–H groups in total. The quantitative estimate of drug-likeness (QED) is 0.323. The average molecular weight is 615 g/mol. The molecule has 5 heterocycles. The van der Waals surface area contributed by atoms with E-state index in [2.05, 4.69) is 11.8 Å². The highest BCUT2D eigenvalue weighted by Crippen LogP contribution is 2.38. The molecule has 0 amide bonds. The van der Waals surface area contributed by atoms with Crippen molar-refractivity contribution in [1.82, 2.24) is 14.6 Å². The Hall–Kier alpha value is -3.15. The summed E-state index contributed by atoms with van der Waals surface area (Å²) in [5.41, 5.74) is 2.87. The highest BCUT2D eigenvalue weighted by molar-refractivity contribution is 5.80. The molecule has 6 rings (SSSR count). The minimum atomic E-state index is -1.01. The first-order chi connectivity index (χ1) is 20.9. The molecule has 1 aromatic carbocycles. The van der Waals surface area contributed by atoms with Crippen molar-refractivity contribution in [2.24, 2.45) is 0 Å². The first-order valence-corrected chi connectivity index (χ1v) is 15.5. The maximum Gasteiger partial charge on any atom is 0.340 e. The molecule has 3 aliphatic heterocycles. The molecule has 1 unspecified atom stereocenters. The zero-order chi connectivity index (χ0) is 31.6. The average Bonchev–Trinajstić information content (AvgIpc) is 3.35. The third kappa shape index (κ3) is 7.21. The normalized spacial score (nSPS) is 18.6. The van der Waals surface area contributed by atoms with E-state index >= 15 is 0 Å². The number of hydrogen-bond donors (Lipinski definition) is 0. The van der Waals surface area contributed by atoms with Gasteiger partial charge in [-0.15, -0.1) is 0 Å². The lowest BCUT2D eigenvalue weighted by Gasteiger charge is -2.41. The number of carbonyl (C=O) groups excluding carboxylic acids is 1. The van der Waals surface area contributed by atoms with E-state index in [0.717, 1.165) is 37.1 Å². The van der Waals surface area contributed by atoms with Crippen LogP contribution in [0.3, 0.4) is 0 Å². The highest BCUT2D eigenvalue weighted by atomic mass is 19.2. The van der Waals surface area contributed by atoms with Gasteiger partial charge in [-0.25, -0.2) is 18.6 Å². The van der Waals surface area contributed by atoms with Crippen molar-refractivity contribution in [1.29, 1.82) is 0 Å². The van der Waals surface area contributed by atoms with Gasteiger partial charge in [0.2, 0.25) is 0 Å². The van der Waals surface area contributed by atoms with Crippen molar-refractivity contribution < 1.29 is 32.5 Å². The second-order valence-corrected chi connectivity index (χ2v) is 13.0. The molecule has 2 aromatic heterocycles. The molecule has 0 saturated carbocycles. The summed E-state index contributed by atoms with van der Waals surface area (Å²) in [4.78, 5) is 20.5. The number of piperidine rings is 1. The number of carbonyl (C=O) groups is 1. The number of halogens is 2. The molecule has 9 nitrogen and oxygen atoms in total. The summed E-state index contributed by atoms with van der Waals surface area (Å²) in [5, 5.41) is 4.88. The van der Waals surface area contributed by atoms with Crippen LogP contribution in [0.25, 0.3) is 5.65 Å². The topological polar surface area (TPSA) is 87.4 Å². The molecule has 11 heteroatoms. The Bertz CT molecular complexity index is 1490. The highest BCUT2D eigenvalue weighted by Gasteiger charge is 2.38. The van der Waals surface area contributed by atoms with Gasteiger partial charge in [-0.05, 0) is 96.9 Å². The number of ether oxygens (including phenoxy) is 4. The van der Waals surface area contributed by atoms with Gasteiger partial charge in [0, 0.05) is 31.5 Å². The third-order valence-corrected chi connectivity index (χ3v) is 8.25. The van der Waals surface area contributed by atoms with Gasteiger partial charge in [-0.1, -0.05) is 0 Å². The third-order valence-electron chi connectivity index (χ3n) is 8.25. The molecule has 3 aliphatic rings. The number of anilines is 1. The fraction of sp³-hybridized carbons (Fsp3) is 0.606. The van der Waals surface area contributed by atoms with Gasteiger partial charge in [-0.2, -0.15) is 9.61 Å². The lowest BCUT2D eigenvalue weighted by atomic mass is 9.92. The standard InChI is InChI=1S/C33H44F2N4O5/c1-7-42-31(40)29(44-32(3,4)5)28-21(2)36-27-18-24-20-41-19-23-17-26(35)25(34)16-22(23)10-8-9-15-43-33(6)11-13-38(14-12-33)30(28)39(27)37-24/h16-18,29H,7-15,19-20H2,1-6H3. The van der Waals surface area contributed by atoms with Crippen molar-refractivity contribution in [2.45, 2.75) is 104 Å². The second kappa shape index (κ2) is 13.1. The number of aromatic nitrogens is 3. The van der Waals surface area contributed by atoms with Crippen LogP contribution in [-0.2, 0) is 43.4 Å². The molecule has 1 saturated heterocycles. The summed E-state index contributed by atoms with van der Waals surface area (Å²) in [7, 11) is 0. The van der Waals surface area contributed by atoms with E-state index in [1.807, 2.05) is 33.8 Å². The number of benzene rings is 1. The van der Waals surface area contributed by atoms with Gasteiger partial charge in [0.05, 0.1) is 42.3 Å². The van der Waals surface area contributed by atoms with Gasteiger partial charge in [0.15, 0.2) is 23.4 Å². The predicted molar refractivity (Wildman–Crippen MR) is 162 cm³/mol. The van der Waals surface area contributed by atoms with E-state index in [1.165, 1.54) is 12.1 Å². The molecule has 1 fully saturated rings. The van der Waals surface area contributed by atoms with E-state index in [4.69, 9.17) is 29.0 Å². The maximum atomic E-state index is 14.2. The van der Waals surface area contributed by atoms with Crippen molar-refractivity contribution >= 4 is 17.4 Å². The zero-order valence-electron chi connectivity index (χ0n) is 26.7. The first-order valence-electron chi connectivity index (χ1n) is 15.5. The Morgan fingerprint density at radius 1 is 1.09 bits per heavy atom. The first kappa shape index (κ1) is 32.2. The van der Waals surface area contributed by atoms with E-state index in [9.17, 15) is 13.6 Å². The van der Waals surface area contributed by atoms with Crippen molar-refractivity contribution in [2.75, 3.05) is 31.2 Å². The molecule has 3 aromatic rings. The van der Waals surface area contributed by atoms with Gasteiger partial charge in [0.25, 0.3) is 0 Å². The Labute approximate surface area is 257 Å². The number of hydrogen-bond acceptors (Lipinski definition) is 8. The lowest BCUT2D eigenvalue weighted by Crippen LogP contribution is -2.46. The SMILES string of the molecule is CCOC(=O)C(OC(C)(C)C)c1c(C)nc2cc3nn2c1N1CCC(C)(CC1)OCCCCc1cc(F)c(F)cc1COC3. The number of aryl methyl sites for hydroxylation is 2. The fourth-order valence-corrected chi connectivity index (χ4v) is 5.97. The van der Waals surface area contributed by atoms with Crippen molar-refractivity contribution in [3.05, 3.63) is 57.9 Å². The van der Waals surface area contributed by atoms with Crippen LogP contribution in [0.1, 0.15) is 94.5 Å². The molecule has 1 atom stereocenters. The molecule has 44 heavy (non-hydrogen) atoms. The van der Waals surface area contributed by atoms with Gasteiger partial charge >= 0.3 is 5.97 Å². The Balaban J connectivity index is 1.59. The number of nitrogens with zero attached hydrogens (tertiary/aromatic N) is 4. The number of fused-ring (bicyclic) bond motifs is 8. The molecule has 0 radical (unpaired) electrons. The van der Waals surface area contributed by atoms with Crippen LogP contribution in [-0.4, -0.2) is 58.1 Å². The maximum absolute atomic E-state index is 14.2. The molecular formula is C33H44F2N4O5. The summed E-state index contributed by atoms with van der Waals surface area (Å²) in [6.07, 6.45) is 2.70. The lowest BCUT2D eigenvalue weighted by molar-refractivity contribution is -0.166. The van der Waals surface area contributed by atoms with Crippen LogP contribution in [0.4, 0.5) is 14.6 Å². The zero-order valence-corrected chi connectivity index (χ0v) is 26.7. The smallest absolute Gasteiger partial charge is 0.340 e. The summed E-state index contributed by atoms with van der Waals surface area (Å²) in [6, 6.07) is 4.34. The van der Waals surface area contributed by atoms with Crippen molar-refractivity contribution in [3.8, 4) is 0 Å². The van der Waals surface area contributed by atoms with Crippen LogP contribution >= 0.6 is 0 Å². The minimum Gasteiger partial charge on any atom is -0.464 e. The summed E-state index contributed by atoms with van der Waals surface area (Å²) < 4.78 is 54.3. The Morgan fingerprint density at radius 3 is 2.48 bits per heavy atom. The minimum absolute atomic E-state index is 0.107. The Kier molecular flexibility index (Phi) is 9.58.